The van der Waals surface area contributed by atoms with Gasteiger partial charge in [-0.25, -0.2) is 4.98 Å². The van der Waals surface area contributed by atoms with E-state index in [9.17, 15) is 0 Å². The van der Waals surface area contributed by atoms with Crippen molar-refractivity contribution in [3.8, 4) is 10.6 Å². The molecule has 3 heteroatoms. The maximum Gasteiger partial charge on any atom is 0.123 e. The average molecular weight is 231 g/mol. The van der Waals surface area contributed by atoms with Gasteiger partial charge < -0.3 is 5.11 Å². The van der Waals surface area contributed by atoms with E-state index in [1.54, 1.807) is 17.5 Å². The molecule has 82 valence electrons. The molecule has 0 radical (unpaired) electrons. The van der Waals surface area contributed by atoms with Gasteiger partial charge in [-0.15, -0.1) is 11.3 Å². The second-order valence-electron chi connectivity index (χ2n) is 4.19. The van der Waals surface area contributed by atoms with Gasteiger partial charge in [0.25, 0.3) is 0 Å². The molecule has 1 N–H and O–H groups in total. The van der Waals surface area contributed by atoms with Crippen LogP contribution in [0.25, 0.3) is 10.6 Å². The van der Waals surface area contributed by atoms with E-state index < -0.39 is 0 Å². The first-order valence-electron chi connectivity index (χ1n) is 5.53. The van der Waals surface area contributed by atoms with Crippen LogP contribution in [0.5, 0.6) is 0 Å². The minimum atomic E-state index is 0.0833. The van der Waals surface area contributed by atoms with Crippen LogP contribution in [0.2, 0.25) is 0 Å². The van der Waals surface area contributed by atoms with Crippen molar-refractivity contribution in [2.45, 2.75) is 25.4 Å². The summed E-state index contributed by atoms with van der Waals surface area (Å²) in [5.41, 5.74) is 2.60. The predicted molar refractivity (Wildman–Crippen MR) is 65.4 cm³/mol. The lowest BCUT2D eigenvalue weighted by molar-refractivity contribution is 0.285. The molecular formula is C13H13NOS. The van der Waals surface area contributed by atoms with E-state index in [4.69, 9.17) is 5.11 Å². The third-order valence-corrected chi connectivity index (χ3v) is 3.92. The van der Waals surface area contributed by atoms with Crippen LogP contribution in [0, 0.1) is 0 Å². The maximum atomic E-state index is 9.02. The summed E-state index contributed by atoms with van der Waals surface area (Å²) in [5.74, 6) is 0.775. The quantitative estimate of drug-likeness (QED) is 0.880. The van der Waals surface area contributed by atoms with Crippen molar-refractivity contribution < 1.29 is 5.11 Å². The minimum Gasteiger partial charge on any atom is -0.391 e. The Balaban J connectivity index is 1.95. The highest BCUT2D eigenvalue weighted by Gasteiger charge is 2.23. The summed E-state index contributed by atoms with van der Waals surface area (Å²) in [5, 5.41) is 10.0. The molecule has 1 aliphatic carbocycles. The number of aliphatic hydroxyl groups is 1. The number of aliphatic hydroxyl groups excluding tert-OH is 1. The van der Waals surface area contributed by atoms with Gasteiger partial charge in [0.2, 0.25) is 0 Å². The molecule has 1 aromatic carbocycles. The molecule has 16 heavy (non-hydrogen) atoms. The van der Waals surface area contributed by atoms with Gasteiger partial charge in [0.1, 0.15) is 5.01 Å². The van der Waals surface area contributed by atoms with Crippen molar-refractivity contribution in [2.24, 2.45) is 0 Å². The van der Waals surface area contributed by atoms with Crippen LogP contribution in [0.3, 0.4) is 0 Å². The summed E-state index contributed by atoms with van der Waals surface area (Å²) in [6.45, 7) is 0.0833. The molecule has 1 fully saturated rings. The van der Waals surface area contributed by atoms with E-state index in [1.165, 1.54) is 24.0 Å². The molecule has 1 aromatic heterocycles. The molecule has 0 amide bonds. The average Bonchev–Trinajstić information content (AvgIpc) is 3.07. The molecule has 2 aromatic rings. The van der Waals surface area contributed by atoms with Crippen LogP contribution in [-0.4, -0.2) is 10.1 Å². The highest BCUT2D eigenvalue weighted by atomic mass is 32.1. The smallest absolute Gasteiger partial charge is 0.123 e. The normalized spacial score (nSPS) is 15.3. The Morgan fingerprint density at radius 2 is 2.25 bits per heavy atom. The van der Waals surface area contributed by atoms with E-state index in [2.05, 4.69) is 29.2 Å². The summed E-state index contributed by atoms with van der Waals surface area (Å²) < 4.78 is 0. The van der Waals surface area contributed by atoms with Gasteiger partial charge in [-0.3, -0.25) is 0 Å². The second-order valence-corrected chi connectivity index (χ2v) is 5.30. The lowest BCUT2D eigenvalue weighted by Gasteiger charge is -2.00. The van der Waals surface area contributed by atoms with Gasteiger partial charge >= 0.3 is 0 Å². The third-order valence-electron chi connectivity index (χ3n) is 2.89. The maximum absolute atomic E-state index is 9.02. The van der Waals surface area contributed by atoms with E-state index in [-0.39, 0.29) is 6.61 Å². The fourth-order valence-corrected chi connectivity index (χ4v) is 2.62. The van der Waals surface area contributed by atoms with Crippen molar-refractivity contribution in [3.63, 3.8) is 0 Å². The van der Waals surface area contributed by atoms with Gasteiger partial charge in [-0.1, -0.05) is 18.2 Å². The zero-order valence-electron chi connectivity index (χ0n) is 8.89. The fourth-order valence-electron chi connectivity index (χ4n) is 1.86. The van der Waals surface area contributed by atoms with Crippen LogP contribution in [0.15, 0.2) is 30.5 Å². The summed E-state index contributed by atoms with van der Waals surface area (Å²) in [7, 11) is 0. The topological polar surface area (TPSA) is 33.1 Å². The number of benzene rings is 1. The molecule has 2 nitrogen and oxygen atoms in total. The van der Waals surface area contributed by atoms with E-state index in [0.29, 0.717) is 0 Å². The SMILES string of the molecule is OCc1cnc(-c2cccc(C3CC3)c2)s1. The monoisotopic (exact) mass is 231 g/mol. The molecule has 1 aliphatic rings. The minimum absolute atomic E-state index is 0.0833. The fraction of sp³-hybridized carbons (Fsp3) is 0.308. The van der Waals surface area contributed by atoms with Crippen molar-refractivity contribution in [1.29, 1.82) is 0 Å². The van der Waals surface area contributed by atoms with Gasteiger partial charge in [0.15, 0.2) is 0 Å². The summed E-state index contributed by atoms with van der Waals surface area (Å²) in [4.78, 5) is 5.26. The molecule has 1 saturated carbocycles. The van der Waals surface area contributed by atoms with Gasteiger partial charge in [0.05, 0.1) is 11.5 Å². The molecule has 1 heterocycles. The van der Waals surface area contributed by atoms with Crippen LogP contribution in [0.1, 0.15) is 29.2 Å². The predicted octanol–water partition coefficient (Wildman–Crippen LogP) is 3.18. The summed E-state index contributed by atoms with van der Waals surface area (Å²) in [6.07, 6.45) is 4.40. The Labute approximate surface area is 98.6 Å². The summed E-state index contributed by atoms with van der Waals surface area (Å²) in [6, 6.07) is 8.62. The molecule has 3 rings (SSSR count). The molecule has 0 saturated heterocycles. The zero-order chi connectivity index (χ0) is 11.0. The number of rotatable bonds is 3. The van der Waals surface area contributed by atoms with E-state index >= 15 is 0 Å². The Bertz CT molecular complexity index is 502. The lowest BCUT2D eigenvalue weighted by atomic mass is 10.1. The van der Waals surface area contributed by atoms with Crippen molar-refractivity contribution in [3.05, 3.63) is 40.9 Å². The zero-order valence-corrected chi connectivity index (χ0v) is 9.70. The Hall–Kier alpha value is -1.19. The highest BCUT2D eigenvalue weighted by molar-refractivity contribution is 7.15. The molecule has 0 spiro atoms. The molecule has 0 bridgehead atoms. The number of nitrogens with zero attached hydrogens (tertiary/aromatic N) is 1. The molecule has 0 unspecified atom stereocenters. The van der Waals surface area contributed by atoms with Crippen molar-refractivity contribution >= 4 is 11.3 Å². The van der Waals surface area contributed by atoms with Crippen LogP contribution in [-0.2, 0) is 6.61 Å². The first kappa shape index (κ1) is 10.00. The van der Waals surface area contributed by atoms with Gasteiger partial charge in [0, 0.05) is 11.8 Å². The Kier molecular flexibility index (Phi) is 2.50. The van der Waals surface area contributed by atoms with Crippen molar-refractivity contribution in [1.82, 2.24) is 4.98 Å². The van der Waals surface area contributed by atoms with Gasteiger partial charge in [-0.2, -0.15) is 0 Å². The van der Waals surface area contributed by atoms with Crippen LogP contribution in [0.4, 0.5) is 0 Å². The first-order valence-corrected chi connectivity index (χ1v) is 6.34. The largest absolute Gasteiger partial charge is 0.391 e. The lowest BCUT2D eigenvalue weighted by Crippen LogP contribution is -1.81. The number of hydrogen-bond donors (Lipinski definition) is 1. The second kappa shape index (κ2) is 4.00. The standard InChI is InChI=1S/C13H13NOS/c15-8-12-7-14-13(16-12)11-3-1-2-10(6-11)9-4-5-9/h1-3,6-7,9,15H,4-5,8H2. The Morgan fingerprint density at radius 1 is 1.38 bits per heavy atom. The number of hydrogen-bond acceptors (Lipinski definition) is 3. The third kappa shape index (κ3) is 1.88. The van der Waals surface area contributed by atoms with E-state index in [0.717, 1.165) is 15.8 Å². The highest BCUT2D eigenvalue weighted by Crippen LogP contribution is 2.41. The van der Waals surface area contributed by atoms with Crippen LogP contribution < -0.4 is 0 Å². The Morgan fingerprint density at radius 3 is 2.94 bits per heavy atom. The molecule has 0 atom stereocenters. The van der Waals surface area contributed by atoms with Gasteiger partial charge in [-0.05, 0) is 30.4 Å². The number of aromatic nitrogens is 1. The first-order chi connectivity index (χ1) is 7.86. The number of thiazole rings is 1. The van der Waals surface area contributed by atoms with Crippen molar-refractivity contribution in [2.75, 3.05) is 0 Å². The molecule has 0 aliphatic heterocycles. The molecular weight excluding hydrogens is 218 g/mol. The van der Waals surface area contributed by atoms with E-state index in [1.807, 2.05) is 0 Å². The van der Waals surface area contributed by atoms with Crippen LogP contribution >= 0.6 is 11.3 Å². The summed E-state index contributed by atoms with van der Waals surface area (Å²) >= 11 is 1.57.